The predicted octanol–water partition coefficient (Wildman–Crippen LogP) is 3.08. The van der Waals surface area contributed by atoms with Crippen LogP contribution in [0.4, 0.5) is 0 Å². The van der Waals surface area contributed by atoms with Gasteiger partial charge in [0.2, 0.25) is 0 Å². The Morgan fingerprint density at radius 2 is 1.89 bits per heavy atom. The van der Waals surface area contributed by atoms with Crippen molar-refractivity contribution in [3.63, 3.8) is 0 Å². The summed E-state index contributed by atoms with van der Waals surface area (Å²) in [6.07, 6.45) is 0.252. The summed E-state index contributed by atoms with van der Waals surface area (Å²) in [5.74, 6) is 0.948. The zero-order chi connectivity index (χ0) is 13.5. The van der Waals surface area contributed by atoms with E-state index in [4.69, 9.17) is 9.47 Å². The molecule has 18 heavy (non-hydrogen) atoms. The molecule has 1 aromatic carbocycles. The molecule has 1 atom stereocenters. The maximum absolute atomic E-state index is 5.83. The van der Waals surface area contributed by atoms with Crippen LogP contribution in [0.1, 0.15) is 37.9 Å². The van der Waals surface area contributed by atoms with Crippen LogP contribution in [0.25, 0.3) is 0 Å². The number of hydrogen-bond acceptors (Lipinski definition) is 3. The average molecular weight is 251 g/mol. The third kappa shape index (κ3) is 4.67. The van der Waals surface area contributed by atoms with Crippen molar-refractivity contribution in [3.05, 3.63) is 29.3 Å². The Hall–Kier alpha value is -1.06. The molecule has 3 nitrogen and oxygen atoms in total. The summed E-state index contributed by atoms with van der Waals surface area (Å²) < 4.78 is 11.3. The summed E-state index contributed by atoms with van der Waals surface area (Å²) in [6.45, 7) is 9.47. The highest BCUT2D eigenvalue weighted by atomic mass is 16.5. The molecule has 1 rings (SSSR count). The Balaban J connectivity index is 2.64. The van der Waals surface area contributed by atoms with E-state index in [1.54, 1.807) is 0 Å². The van der Waals surface area contributed by atoms with Crippen molar-refractivity contribution in [2.24, 2.45) is 0 Å². The van der Waals surface area contributed by atoms with Crippen molar-refractivity contribution in [2.45, 2.75) is 39.8 Å². The van der Waals surface area contributed by atoms with Gasteiger partial charge in [-0.3, -0.25) is 0 Å². The van der Waals surface area contributed by atoms with Crippen molar-refractivity contribution < 1.29 is 9.47 Å². The van der Waals surface area contributed by atoms with Gasteiger partial charge in [-0.2, -0.15) is 0 Å². The van der Waals surface area contributed by atoms with Crippen LogP contribution in [-0.4, -0.2) is 26.4 Å². The highest BCUT2D eigenvalue weighted by Crippen LogP contribution is 2.26. The van der Waals surface area contributed by atoms with E-state index in [0.717, 1.165) is 5.75 Å². The molecule has 0 aromatic heterocycles. The second kappa shape index (κ2) is 7.39. The first-order valence-corrected chi connectivity index (χ1v) is 6.56. The molecule has 0 saturated heterocycles. The summed E-state index contributed by atoms with van der Waals surface area (Å²) >= 11 is 0. The Kier molecular flexibility index (Phi) is 6.16. The Morgan fingerprint density at radius 1 is 1.17 bits per heavy atom. The van der Waals surface area contributed by atoms with Gasteiger partial charge in [-0.1, -0.05) is 12.1 Å². The van der Waals surface area contributed by atoms with Crippen LogP contribution in [0, 0.1) is 6.92 Å². The average Bonchev–Trinajstić information content (AvgIpc) is 2.33. The molecule has 0 fully saturated rings. The smallest absolute Gasteiger partial charge is 0.124 e. The Morgan fingerprint density at radius 3 is 2.50 bits per heavy atom. The van der Waals surface area contributed by atoms with Gasteiger partial charge < -0.3 is 14.8 Å². The number of benzene rings is 1. The van der Waals surface area contributed by atoms with Crippen molar-refractivity contribution in [1.82, 2.24) is 5.32 Å². The minimum Gasteiger partial charge on any atom is -0.491 e. The fourth-order valence-corrected chi connectivity index (χ4v) is 1.72. The van der Waals surface area contributed by atoms with Gasteiger partial charge in [-0.05, 0) is 46.4 Å². The molecule has 1 N–H and O–H groups in total. The fourth-order valence-electron chi connectivity index (χ4n) is 1.72. The van der Waals surface area contributed by atoms with E-state index < -0.39 is 0 Å². The number of ether oxygens (including phenoxy) is 2. The number of hydrogen-bond donors (Lipinski definition) is 1. The molecule has 3 heteroatoms. The van der Waals surface area contributed by atoms with Gasteiger partial charge in [0.15, 0.2) is 0 Å². The Labute approximate surface area is 110 Å². The van der Waals surface area contributed by atoms with Crippen molar-refractivity contribution in [3.8, 4) is 5.75 Å². The van der Waals surface area contributed by atoms with Gasteiger partial charge >= 0.3 is 0 Å². The summed E-state index contributed by atoms with van der Waals surface area (Å²) in [5, 5.41) is 3.24. The lowest BCUT2D eigenvalue weighted by molar-refractivity contribution is 0.0549. The third-order valence-corrected chi connectivity index (χ3v) is 2.86. The first kappa shape index (κ1) is 15.0. The summed E-state index contributed by atoms with van der Waals surface area (Å²) in [4.78, 5) is 0. The molecule has 1 aromatic rings. The molecule has 0 amide bonds. The number of rotatable bonds is 7. The van der Waals surface area contributed by atoms with E-state index in [9.17, 15) is 0 Å². The van der Waals surface area contributed by atoms with Gasteiger partial charge in [-0.25, -0.2) is 0 Å². The van der Waals surface area contributed by atoms with E-state index in [1.807, 2.05) is 20.9 Å². The van der Waals surface area contributed by atoms with E-state index >= 15 is 0 Å². The van der Waals surface area contributed by atoms with E-state index in [2.05, 4.69) is 37.4 Å². The van der Waals surface area contributed by atoms with Crippen molar-refractivity contribution in [1.29, 1.82) is 0 Å². The lowest BCUT2D eigenvalue weighted by Gasteiger charge is -2.17. The molecule has 102 valence electrons. The zero-order valence-electron chi connectivity index (χ0n) is 12.1. The molecule has 0 aliphatic heterocycles. The topological polar surface area (TPSA) is 30.5 Å². The maximum atomic E-state index is 5.83. The van der Waals surface area contributed by atoms with E-state index in [1.165, 1.54) is 11.1 Å². The molecule has 0 spiro atoms. The first-order chi connectivity index (χ1) is 8.54. The molecule has 1 unspecified atom stereocenters. The fraction of sp³-hybridized carbons (Fsp3) is 0.600. The van der Waals surface area contributed by atoms with Crippen LogP contribution in [-0.2, 0) is 4.74 Å². The van der Waals surface area contributed by atoms with E-state index in [-0.39, 0.29) is 12.1 Å². The quantitative estimate of drug-likeness (QED) is 0.755. The lowest BCUT2D eigenvalue weighted by Crippen LogP contribution is -2.16. The molecule has 0 aliphatic carbocycles. The summed E-state index contributed by atoms with van der Waals surface area (Å²) in [6, 6.07) is 6.60. The van der Waals surface area contributed by atoms with Crippen molar-refractivity contribution >= 4 is 0 Å². The lowest BCUT2D eigenvalue weighted by atomic mass is 10.1. The second-order valence-corrected chi connectivity index (χ2v) is 4.82. The largest absolute Gasteiger partial charge is 0.491 e. The monoisotopic (exact) mass is 251 g/mol. The van der Waals surface area contributed by atoms with Crippen LogP contribution in [0.2, 0.25) is 0 Å². The van der Waals surface area contributed by atoms with Crippen LogP contribution in [0.3, 0.4) is 0 Å². The van der Waals surface area contributed by atoms with Gasteiger partial charge in [-0.15, -0.1) is 0 Å². The summed E-state index contributed by atoms with van der Waals surface area (Å²) in [7, 11) is 1.95. The van der Waals surface area contributed by atoms with Gasteiger partial charge in [0, 0.05) is 11.6 Å². The van der Waals surface area contributed by atoms with Crippen molar-refractivity contribution in [2.75, 3.05) is 20.3 Å². The first-order valence-electron chi connectivity index (χ1n) is 6.56. The normalized spacial score (nSPS) is 12.8. The molecule has 0 radical (unpaired) electrons. The minimum atomic E-state index is 0.252. The minimum absolute atomic E-state index is 0.252. The highest BCUT2D eigenvalue weighted by Gasteiger charge is 2.10. The molecule has 0 aliphatic rings. The second-order valence-electron chi connectivity index (χ2n) is 4.82. The maximum Gasteiger partial charge on any atom is 0.124 e. The molecular formula is C15H25NO2. The highest BCUT2D eigenvalue weighted by molar-refractivity contribution is 5.39. The van der Waals surface area contributed by atoms with E-state index in [0.29, 0.717) is 13.2 Å². The van der Waals surface area contributed by atoms with Crippen LogP contribution >= 0.6 is 0 Å². The van der Waals surface area contributed by atoms with Crippen LogP contribution < -0.4 is 10.1 Å². The molecule has 0 saturated carbocycles. The zero-order valence-corrected chi connectivity index (χ0v) is 12.1. The van der Waals surface area contributed by atoms with Gasteiger partial charge in [0.1, 0.15) is 12.4 Å². The van der Waals surface area contributed by atoms with Gasteiger partial charge in [0.05, 0.1) is 12.7 Å². The molecule has 0 heterocycles. The van der Waals surface area contributed by atoms with Crippen LogP contribution in [0.15, 0.2) is 18.2 Å². The Bertz CT molecular complexity index is 364. The number of aryl methyl sites for hydroxylation is 1. The number of nitrogens with one attached hydrogen (secondary N) is 1. The molecule has 0 bridgehead atoms. The van der Waals surface area contributed by atoms with Gasteiger partial charge in [0.25, 0.3) is 0 Å². The summed E-state index contributed by atoms with van der Waals surface area (Å²) in [5.41, 5.74) is 2.40. The molecular weight excluding hydrogens is 226 g/mol. The van der Waals surface area contributed by atoms with Crippen LogP contribution in [0.5, 0.6) is 5.75 Å². The predicted molar refractivity (Wildman–Crippen MR) is 75.2 cm³/mol. The standard InChI is InChI=1S/C15H25NO2/c1-11(2)17-8-9-18-15-10-12(3)6-7-14(15)13(4)16-5/h6-7,10-11,13,16H,8-9H2,1-5H3. The third-order valence-electron chi connectivity index (χ3n) is 2.86. The SMILES string of the molecule is CNC(C)c1ccc(C)cc1OCCOC(C)C.